The van der Waals surface area contributed by atoms with Crippen molar-refractivity contribution in [1.82, 2.24) is 0 Å². The van der Waals surface area contributed by atoms with Crippen molar-refractivity contribution < 1.29 is 19.1 Å². The molecule has 5 nitrogen and oxygen atoms in total. The molecule has 1 N–H and O–H groups in total. The van der Waals surface area contributed by atoms with E-state index >= 15 is 0 Å². The number of carbonyl (C=O) groups is 2. The van der Waals surface area contributed by atoms with Crippen LogP contribution in [0.15, 0.2) is 42.5 Å². The highest BCUT2D eigenvalue weighted by Crippen LogP contribution is 2.24. The Morgan fingerprint density at radius 2 is 1.80 bits per heavy atom. The number of hydrogen-bond donors (Lipinski definition) is 1. The maximum Gasteiger partial charge on any atom is 0.337 e. The summed E-state index contributed by atoms with van der Waals surface area (Å²) < 4.78 is 10.2. The third-order valence-corrected chi connectivity index (χ3v) is 3.87. The average molecular weight is 382 g/mol. The lowest BCUT2D eigenvalue weighted by Crippen LogP contribution is -2.14. The first-order valence-corrected chi connectivity index (χ1v) is 8.31. The van der Waals surface area contributed by atoms with Crippen LogP contribution >= 0.6 is 23.2 Å². The molecule has 1 amide bonds. The lowest BCUT2D eigenvalue weighted by Gasteiger charge is -2.09. The molecule has 2 aromatic rings. The van der Waals surface area contributed by atoms with Crippen molar-refractivity contribution in [2.75, 3.05) is 19.0 Å². The second-order valence-electron chi connectivity index (χ2n) is 5.14. The molecular weight excluding hydrogens is 365 g/mol. The number of anilines is 1. The molecule has 0 bridgehead atoms. The van der Waals surface area contributed by atoms with Crippen LogP contribution in [-0.2, 0) is 9.53 Å². The zero-order chi connectivity index (χ0) is 18.2. The van der Waals surface area contributed by atoms with Crippen LogP contribution in [0.4, 0.5) is 5.69 Å². The first-order chi connectivity index (χ1) is 12.0. The quantitative estimate of drug-likeness (QED) is 0.563. The summed E-state index contributed by atoms with van der Waals surface area (Å²) in [5.74, 6) is -0.0224. The number of esters is 1. The van der Waals surface area contributed by atoms with Gasteiger partial charge in [0, 0.05) is 11.4 Å². The van der Waals surface area contributed by atoms with Gasteiger partial charge < -0.3 is 14.8 Å². The molecule has 0 radical (unpaired) electrons. The highest BCUT2D eigenvalue weighted by Gasteiger charge is 2.11. The van der Waals surface area contributed by atoms with Gasteiger partial charge in [0.2, 0.25) is 5.91 Å². The summed E-state index contributed by atoms with van der Waals surface area (Å²) >= 11 is 11.8. The monoisotopic (exact) mass is 381 g/mol. The van der Waals surface area contributed by atoms with E-state index in [1.54, 1.807) is 24.3 Å². The lowest BCUT2D eigenvalue weighted by molar-refractivity contribution is -0.116. The molecule has 0 aliphatic heterocycles. The third kappa shape index (κ3) is 5.96. The number of rotatable bonds is 7. The van der Waals surface area contributed by atoms with Gasteiger partial charge in [0.25, 0.3) is 0 Å². The van der Waals surface area contributed by atoms with Crippen molar-refractivity contribution in [1.29, 1.82) is 0 Å². The number of halogens is 2. The van der Waals surface area contributed by atoms with Crippen molar-refractivity contribution in [2.24, 2.45) is 0 Å². The van der Waals surface area contributed by atoms with E-state index in [9.17, 15) is 9.59 Å². The molecule has 0 fully saturated rings. The van der Waals surface area contributed by atoms with Gasteiger partial charge in [0.05, 0.1) is 30.0 Å². The van der Waals surface area contributed by atoms with E-state index in [4.69, 9.17) is 27.9 Å². The summed E-state index contributed by atoms with van der Waals surface area (Å²) in [4.78, 5) is 23.5. The molecular formula is C18H17Cl2NO4. The third-order valence-electron chi connectivity index (χ3n) is 3.29. The van der Waals surface area contributed by atoms with Gasteiger partial charge in [-0.1, -0.05) is 23.2 Å². The highest BCUT2D eigenvalue weighted by atomic mass is 35.5. The van der Waals surface area contributed by atoms with E-state index in [1.807, 2.05) is 0 Å². The first-order valence-electron chi connectivity index (χ1n) is 7.55. The standard InChI is InChI=1S/C18H17Cl2NO4/c1-24-18(23)12-4-9-15(20)16(11-12)21-17(22)3-2-10-25-14-7-5-13(19)6-8-14/h4-9,11H,2-3,10H2,1H3,(H,21,22). The number of methoxy groups -OCH3 is 1. The van der Waals surface area contributed by atoms with Crippen LogP contribution in [0.5, 0.6) is 5.75 Å². The molecule has 2 rings (SSSR count). The Hall–Kier alpha value is -2.24. The summed E-state index contributed by atoms with van der Waals surface area (Å²) in [6, 6.07) is 11.5. The van der Waals surface area contributed by atoms with Gasteiger partial charge in [-0.15, -0.1) is 0 Å². The zero-order valence-corrected chi connectivity index (χ0v) is 15.1. The Balaban J connectivity index is 1.81. The smallest absolute Gasteiger partial charge is 0.337 e. The normalized spacial score (nSPS) is 10.2. The van der Waals surface area contributed by atoms with E-state index in [2.05, 4.69) is 10.1 Å². The molecule has 0 unspecified atom stereocenters. The minimum atomic E-state index is -0.497. The Morgan fingerprint density at radius 3 is 2.48 bits per heavy atom. The fourth-order valence-electron chi connectivity index (χ4n) is 2.03. The Bertz CT molecular complexity index is 747. The molecule has 132 valence electrons. The van der Waals surface area contributed by atoms with Crippen LogP contribution in [-0.4, -0.2) is 25.6 Å². The van der Waals surface area contributed by atoms with Crippen molar-refractivity contribution in [3.8, 4) is 5.75 Å². The van der Waals surface area contributed by atoms with Crippen molar-refractivity contribution in [2.45, 2.75) is 12.8 Å². The number of nitrogens with one attached hydrogen (secondary N) is 1. The summed E-state index contributed by atoms with van der Waals surface area (Å²) in [6.07, 6.45) is 0.787. The van der Waals surface area contributed by atoms with Crippen LogP contribution in [0.3, 0.4) is 0 Å². The maximum atomic E-state index is 12.0. The van der Waals surface area contributed by atoms with E-state index in [-0.39, 0.29) is 12.3 Å². The minimum Gasteiger partial charge on any atom is -0.494 e. The van der Waals surface area contributed by atoms with Crippen LogP contribution in [0.25, 0.3) is 0 Å². The molecule has 25 heavy (non-hydrogen) atoms. The minimum absolute atomic E-state index is 0.219. The molecule has 0 atom stereocenters. The summed E-state index contributed by atoms with van der Waals surface area (Å²) in [5, 5.41) is 3.67. The predicted molar refractivity (Wildman–Crippen MR) is 97.6 cm³/mol. The molecule has 0 saturated heterocycles. The summed E-state index contributed by atoms with van der Waals surface area (Å²) in [5.41, 5.74) is 0.682. The number of hydrogen-bond acceptors (Lipinski definition) is 4. The number of carbonyl (C=O) groups excluding carboxylic acids is 2. The second kappa shape index (κ2) is 9.30. The largest absolute Gasteiger partial charge is 0.494 e. The Kier molecular flexibility index (Phi) is 7.10. The molecule has 0 aliphatic carbocycles. The molecule has 2 aromatic carbocycles. The van der Waals surface area contributed by atoms with Crippen LogP contribution < -0.4 is 10.1 Å². The van der Waals surface area contributed by atoms with Gasteiger partial charge in [-0.25, -0.2) is 4.79 Å². The SMILES string of the molecule is COC(=O)c1ccc(Cl)c(NC(=O)CCCOc2ccc(Cl)cc2)c1. The average Bonchev–Trinajstić information content (AvgIpc) is 2.61. The van der Waals surface area contributed by atoms with E-state index in [0.29, 0.717) is 40.1 Å². The number of benzene rings is 2. The second-order valence-corrected chi connectivity index (χ2v) is 5.98. The number of ether oxygens (including phenoxy) is 2. The maximum absolute atomic E-state index is 12.0. The zero-order valence-electron chi connectivity index (χ0n) is 13.6. The van der Waals surface area contributed by atoms with Crippen molar-refractivity contribution in [3.05, 3.63) is 58.1 Å². The van der Waals surface area contributed by atoms with Gasteiger partial charge in [0.1, 0.15) is 5.75 Å². The Morgan fingerprint density at radius 1 is 1.08 bits per heavy atom. The van der Waals surface area contributed by atoms with Crippen molar-refractivity contribution >= 4 is 40.8 Å². The van der Waals surface area contributed by atoms with E-state index in [1.165, 1.54) is 25.3 Å². The fraction of sp³-hybridized carbons (Fsp3) is 0.222. The molecule has 0 aromatic heterocycles. The predicted octanol–water partition coefficient (Wildman–Crippen LogP) is 4.58. The van der Waals surface area contributed by atoms with Crippen LogP contribution in [0, 0.1) is 0 Å². The summed E-state index contributed by atoms with van der Waals surface area (Å²) in [7, 11) is 1.29. The van der Waals surface area contributed by atoms with Gasteiger partial charge >= 0.3 is 5.97 Å². The fourth-order valence-corrected chi connectivity index (χ4v) is 2.32. The molecule has 0 aliphatic rings. The van der Waals surface area contributed by atoms with Gasteiger partial charge in [-0.3, -0.25) is 4.79 Å². The number of amides is 1. The van der Waals surface area contributed by atoms with Gasteiger partial charge in [-0.2, -0.15) is 0 Å². The van der Waals surface area contributed by atoms with Gasteiger partial charge in [0.15, 0.2) is 0 Å². The highest BCUT2D eigenvalue weighted by molar-refractivity contribution is 6.33. The van der Waals surface area contributed by atoms with Crippen LogP contribution in [0.1, 0.15) is 23.2 Å². The lowest BCUT2D eigenvalue weighted by atomic mass is 10.2. The molecule has 0 heterocycles. The van der Waals surface area contributed by atoms with Gasteiger partial charge in [-0.05, 0) is 48.9 Å². The van der Waals surface area contributed by atoms with Crippen molar-refractivity contribution in [3.63, 3.8) is 0 Å². The van der Waals surface area contributed by atoms with E-state index < -0.39 is 5.97 Å². The molecule has 7 heteroatoms. The van der Waals surface area contributed by atoms with Crippen LogP contribution in [0.2, 0.25) is 10.0 Å². The van der Waals surface area contributed by atoms with E-state index in [0.717, 1.165) is 0 Å². The molecule has 0 saturated carbocycles. The topological polar surface area (TPSA) is 64.6 Å². The Labute approximate surface area is 155 Å². The molecule has 0 spiro atoms. The summed E-state index contributed by atoms with van der Waals surface area (Å²) in [6.45, 7) is 0.394. The first kappa shape index (κ1) is 19.1.